The van der Waals surface area contributed by atoms with Crippen molar-refractivity contribution in [2.45, 2.75) is 39.0 Å². The number of rotatable bonds is 6. The van der Waals surface area contributed by atoms with Crippen LogP contribution in [0.3, 0.4) is 0 Å². The van der Waals surface area contributed by atoms with Gasteiger partial charge in [-0.3, -0.25) is 0 Å². The highest BCUT2D eigenvalue weighted by molar-refractivity contribution is 5.73. The molecule has 1 aliphatic heterocycles. The quantitative estimate of drug-likeness (QED) is 0.847. The molecule has 0 saturated carbocycles. The lowest BCUT2D eigenvalue weighted by molar-refractivity contribution is 0.213. The zero-order valence-corrected chi connectivity index (χ0v) is 14.5. The normalized spacial score (nSPS) is 15.4. The van der Waals surface area contributed by atoms with Gasteiger partial charge in [0.25, 0.3) is 0 Å². The van der Waals surface area contributed by atoms with Gasteiger partial charge < -0.3 is 20.1 Å². The molecule has 1 atom stereocenters. The Balaban J connectivity index is 1.45. The molecule has 2 heterocycles. The van der Waals surface area contributed by atoms with Crippen LogP contribution >= 0.6 is 0 Å². The smallest absolute Gasteiger partial charge is 0.315 e. The summed E-state index contributed by atoms with van der Waals surface area (Å²) in [5.74, 6) is 1.45. The summed E-state index contributed by atoms with van der Waals surface area (Å²) in [5.41, 5.74) is 2.02. The van der Waals surface area contributed by atoms with Gasteiger partial charge in [0.2, 0.25) is 5.88 Å². The van der Waals surface area contributed by atoms with Crippen molar-refractivity contribution in [3.8, 4) is 11.6 Å². The third-order valence-electron chi connectivity index (χ3n) is 3.84. The maximum atomic E-state index is 12.0. The first-order chi connectivity index (χ1) is 12.1. The van der Waals surface area contributed by atoms with E-state index >= 15 is 0 Å². The van der Waals surface area contributed by atoms with Gasteiger partial charge in [-0.05, 0) is 31.5 Å². The lowest BCUT2D eigenvalue weighted by Gasteiger charge is -2.15. The number of para-hydroxylation sites is 1. The van der Waals surface area contributed by atoms with E-state index in [0.717, 1.165) is 17.7 Å². The predicted octanol–water partition coefficient (Wildman–Crippen LogP) is 2.67. The first-order valence-electron chi connectivity index (χ1n) is 8.48. The second-order valence-corrected chi connectivity index (χ2v) is 6.25. The van der Waals surface area contributed by atoms with E-state index in [0.29, 0.717) is 19.0 Å². The van der Waals surface area contributed by atoms with Crippen molar-refractivity contribution in [2.24, 2.45) is 0 Å². The van der Waals surface area contributed by atoms with Crippen LogP contribution in [0.1, 0.15) is 25.0 Å². The zero-order chi connectivity index (χ0) is 17.6. The summed E-state index contributed by atoms with van der Waals surface area (Å²) in [6.45, 7) is 4.70. The van der Waals surface area contributed by atoms with Crippen LogP contribution in [0.5, 0.6) is 11.6 Å². The van der Waals surface area contributed by atoms with E-state index in [1.165, 1.54) is 5.56 Å². The van der Waals surface area contributed by atoms with Gasteiger partial charge in [0.15, 0.2) is 0 Å². The average Bonchev–Trinajstić information content (AvgIpc) is 3.01. The number of amides is 2. The Hall–Kier alpha value is -2.76. The molecule has 6 nitrogen and oxygen atoms in total. The highest BCUT2D eigenvalue weighted by Gasteiger charge is 2.22. The van der Waals surface area contributed by atoms with E-state index in [4.69, 9.17) is 9.47 Å². The summed E-state index contributed by atoms with van der Waals surface area (Å²) in [6.07, 6.45) is 2.49. The van der Waals surface area contributed by atoms with Crippen molar-refractivity contribution in [2.75, 3.05) is 6.54 Å². The monoisotopic (exact) mass is 341 g/mol. The van der Waals surface area contributed by atoms with Crippen LogP contribution in [0.2, 0.25) is 0 Å². The van der Waals surface area contributed by atoms with Gasteiger partial charge in [0.05, 0.1) is 12.6 Å². The molecular formula is C19H23N3O3. The fourth-order valence-corrected chi connectivity index (χ4v) is 2.70. The van der Waals surface area contributed by atoms with Crippen LogP contribution in [0.15, 0.2) is 42.6 Å². The van der Waals surface area contributed by atoms with Crippen LogP contribution in [0.4, 0.5) is 4.79 Å². The van der Waals surface area contributed by atoms with Crippen molar-refractivity contribution in [1.82, 2.24) is 15.6 Å². The Morgan fingerprint density at radius 3 is 2.92 bits per heavy atom. The number of hydrogen-bond acceptors (Lipinski definition) is 4. The number of nitrogens with zero attached hydrogens (tertiary/aromatic N) is 1. The predicted molar refractivity (Wildman–Crippen MR) is 94.8 cm³/mol. The van der Waals surface area contributed by atoms with Crippen LogP contribution in [-0.2, 0) is 13.0 Å². The van der Waals surface area contributed by atoms with Gasteiger partial charge in [-0.2, -0.15) is 0 Å². The summed E-state index contributed by atoms with van der Waals surface area (Å²) >= 11 is 0. The van der Waals surface area contributed by atoms with E-state index < -0.39 is 0 Å². The molecule has 3 rings (SSSR count). The molecule has 2 amide bonds. The minimum atomic E-state index is -0.237. The summed E-state index contributed by atoms with van der Waals surface area (Å²) in [4.78, 5) is 16.3. The molecule has 0 radical (unpaired) electrons. The molecule has 1 aliphatic rings. The highest BCUT2D eigenvalue weighted by atomic mass is 16.5. The van der Waals surface area contributed by atoms with E-state index in [-0.39, 0.29) is 18.2 Å². The molecule has 2 aromatic rings. The van der Waals surface area contributed by atoms with Gasteiger partial charge in [-0.15, -0.1) is 0 Å². The number of carbonyl (C=O) groups is 1. The minimum Gasteiger partial charge on any atom is -0.488 e. The summed E-state index contributed by atoms with van der Waals surface area (Å²) in [7, 11) is 0. The number of urea groups is 1. The maximum absolute atomic E-state index is 12.0. The molecule has 0 aliphatic carbocycles. The third kappa shape index (κ3) is 4.62. The van der Waals surface area contributed by atoms with Crippen LogP contribution in [0, 0.1) is 0 Å². The number of benzene rings is 1. The minimum absolute atomic E-state index is 0.0265. The fourth-order valence-electron chi connectivity index (χ4n) is 2.70. The molecule has 132 valence electrons. The molecule has 1 aromatic carbocycles. The van der Waals surface area contributed by atoms with Crippen molar-refractivity contribution in [3.63, 3.8) is 0 Å². The largest absolute Gasteiger partial charge is 0.488 e. The number of ether oxygens (including phenoxy) is 2. The van der Waals surface area contributed by atoms with E-state index in [9.17, 15) is 4.79 Å². The molecule has 1 aromatic heterocycles. The molecule has 2 N–H and O–H groups in total. The van der Waals surface area contributed by atoms with Crippen molar-refractivity contribution < 1.29 is 14.3 Å². The lowest BCUT2D eigenvalue weighted by atomic mass is 10.1. The number of nitrogens with one attached hydrogen (secondary N) is 2. The molecule has 0 saturated heterocycles. The number of hydrogen-bond donors (Lipinski definition) is 2. The Bertz CT molecular complexity index is 708. The van der Waals surface area contributed by atoms with Crippen LogP contribution in [0.25, 0.3) is 0 Å². The summed E-state index contributed by atoms with van der Waals surface area (Å²) in [6, 6.07) is 11.4. The number of aromatic nitrogens is 1. The first-order valence-corrected chi connectivity index (χ1v) is 8.48. The number of fused-ring (bicyclic) bond motifs is 1. The van der Waals surface area contributed by atoms with Gasteiger partial charge in [-0.1, -0.05) is 24.3 Å². The molecule has 0 spiro atoms. The van der Waals surface area contributed by atoms with Gasteiger partial charge in [0.1, 0.15) is 11.9 Å². The van der Waals surface area contributed by atoms with E-state index in [1.807, 2.05) is 50.2 Å². The highest BCUT2D eigenvalue weighted by Crippen LogP contribution is 2.27. The fraction of sp³-hybridized carbons (Fsp3) is 0.368. The van der Waals surface area contributed by atoms with Gasteiger partial charge >= 0.3 is 6.03 Å². The summed E-state index contributed by atoms with van der Waals surface area (Å²) in [5, 5.41) is 5.69. The first kappa shape index (κ1) is 17.1. The molecule has 0 unspecified atom stereocenters. The SMILES string of the molecule is CC(C)Oc1ncccc1CNC(=O)NC[C@H]1Cc2ccccc2O1. The second-order valence-electron chi connectivity index (χ2n) is 6.25. The average molecular weight is 341 g/mol. The molecule has 6 heteroatoms. The molecule has 0 bridgehead atoms. The maximum Gasteiger partial charge on any atom is 0.315 e. The standard InChI is InChI=1S/C19H23N3O3/c1-13(2)24-18-15(7-5-9-20-18)11-21-19(23)22-12-16-10-14-6-3-4-8-17(14)25-16/h3-9,13,16H,10-12H2,1-2H3,(H2,21,22,23)/t16-/m1/s1. The molecule has 25 heavy (non-hydrogen) atoms. The van der Waals surface area contributed by atoms with Crippen molar-refractivity contribution in [3.05, 3.63) is 53.7 Å². The Morgan fingerprint density at radius 1 is 1.28 bits per heavy atom. The van der Waals surface area contributed by atoms with E-state index in [2.05, 4.69) is 15.6 Å². The van der Waals surface area contributed by atoms with Crippen molar-refractivity contribution in [1.29, 1.82) is 0 Å². The van der Waals surface area contributed by atoms with E-state index in [1.54, 1.807) is 6.20 Å². The van der Waals surface area contributed by atoms with Gasteiger partial charge in [0, 0.05) is 24.7 Å². The van der Waals surface area contributed by atoms with Crippen LogP contribution in [-0.4, -0.2) is 29.8 Å². The third-order valence-corrected chi connectivity index (χ3v) is 3.84. The van der Waals surface area contributed by atoms with Crippen molar-refractivity contribution >= 4 is 6.03 Å². The van der Waals surface area contributed by atoms with Crippen LogP contribution < -0.4 is 20.1 Å². The second kappa shape index (κ2) is 7.88. The topological polar surface area (TPSA) is 72.5 Å². The Labute approximate surface area is 147 Å². The number of carbonyl (C=O) groups excluding carboxylic acids is 1. The number of pyridine rings is 1. The van der Waals surface area contributed by atoms with Gasteiger partial charge in [-0.25, -0.2) is 9.78 Å². The Kier molecular flexibility index (Phi) is 5.38. The zero-order valence-electron chi connectivity index (χ0n) is 14.5. The molecule has 0 fully saturated rings. The summed E-state index contributed by atoms with van der Waals surface area (Å²) < 4.78 is 11.5. The lowest BCUT2D eigenvalue weighted by Crippen LogP contribution is -2.40. The Morgan fingerprint density at radius 2 is 2.12 bits per heavy atom. The molecular weight excluding hydrogens is 318 g/mol.